The number of anilines is 1. The van der Waals surface area contributed by atoms with E-state index in [1.165, 1.54) is 0 Å². The van der Waals surface area contributed by atoms with Crippen LogP contribution in [0.5, 0.6) is 5.75 Å². The number of methoxy groups -OCH3 is 1. The van der Waals surface area contributed by atoms with Gasteiger partial charge in [0.2, 0.25) is 17.8 Å². The Kier molecular flexibility index (Phi) is 6.70. The Balaban J connectivity index is 1.62. The number of ether oxygens (including phenoxy) is 1. The van der Waals surface area contributed by atoms with Gasteiger partial charge in [-0.15, -0.1) is 0 Å². The van der Waals surface area contributed by atoms with Gasteiger partial charge < -0.3 is 9.64 Å². The zero-order chi connectivity index (χ0) is 23.5. The summed E-state index contributed by atoms with van der Waals surface area (Å²) >= 11 is 6.03. The normalized spacial score (nSPS) is 13.1. The van der Waals surface area contributed by atoms with Crippen LogP contribution in [0.4, 0.5) is 5.95 Å². The molecule has 0 unspecified atom stereocenters. The first kappa shape index (κ1) is 22.9. The zero-order valence-electron chi connectivity index (χ0n) is 18.9. The molecule has 172 valence electrons. The van der Waals surface area contributed by atoms with Gasteiger partial charge in [0.15, 0.2) is 0 Å². The van der Waals surface area contributed by atoms with Crippen LogP contribution in [0.1, 0.15) is 26.7 Å². The van der Waals surface area contributed by atoms with Crippen molar-refractivity contribution in [3.63, 3.8) is 0 Å². The van der Waals surface area contributed by atoms with Gasteiger partial charge in [-0.3, -0.25) is 19.5 Å². The van der Waals surface area contributed by atoms with Gasteiger partial charge in [0.25, 0.3) is 0 Å². The number of hydrogen-bond donors (Lipinski definition) is 1. The van der Waals surface area contributed by atoms with Gasteiger partial charge in [0.05, 0.1) is 12.8 Å². The molecule has 4 rings (SSSR count). The van der Waals surface area contributed by atoms with E-state index in [2.05, 4.69) is 10.3 Å². The third kappa shape index (κ3) is 5.37. The zero-order valence-corrected chi connectivity index (χ0v) is 19.7. The van der Waals surface area contributed by atoms with Crippen molar-refractivity contribution in [2.45, 2.75) is 32.7 Å². The number of nitrogens with one attached hydrogen (secondary N) is 1. The van der Waals surface area contributed by atoms with E-state index >= 15 is 0 Å². The largest absolute Gasteiger partial charge is 0.497 e. The second-order valence-electron chi connectivity index (χ2n) is 8.42. The number of rotatable bonds is 8. The third-order valence-corrected chi connectivity index (χ3v) is 5.78. The maximum absolute atomic E-state index is 13.0. The summed E-state index contributed by atoms with van der Waals surface area (Å²) in [6.07, 6.45) is 3.73. The maximum Gasteiger partial charge on any atom is 0.246 e. The maximum atomic E-state index is 13.0. The van der Waals surface area contributed by atoms with Crippen LogP contribution in [-0.4, -0.2) is 46.0 Å². The molecule has 1 aromatic heterocycles. The van der Waals surface area contributed by atoms with Gasteiger partial charge in [0.1, 0.15) is 12.3 Å². The van der Waals surface area contributed by atoms with Crippen molar-refractivity contribution in [1.82, 2.24) is 14.5 Å². The Morgan fingerprint density at radius 3 is 2.39 bits per heavy atom. The van der Waals surface area contributed by atoms with E-state index in [4.69, 9.17) is 16.3 Å². The van der Waals surface area contributed by atoms with Crippen molar-refractivity contribution in [2.75, 3.05) is 19.0 Å². The minimum atomic E-state index is -0.279. The van der Waals surface area contributed by atoms with Crippen LogP contribution in [0.15, 0.2) is 54.7 Å². The number of hydrogen-bond acceptors (Lipinski definition) is 4. The highest BCUT2D eigenvalue weighted by Gasteiger charge is 2.34. The van der Waals surface area contributed by atoms with E-state index < -0.39 is 0 Å². The quantitative estimate of drug-likeness (QED) is 0.518. The Morgan fingerprint density at radius 2 is 1.82 bits per heavy atom. The first-order valence-corrected chi connectivity index (χ1v) is 11.3. The SMILES string of the molecule is COc1ccc(-n2cc(-c3ccc(Cl)cc3)nc2NC(=O)CN(C(=O)C(C)C)C2CC2)cc1. The van der Waals surface area contributed by atoms with Crippen LogP contribution in [0, 0.1) is 5.92 Å². The number of nitrogens with zero attached hydrogens (tertiary/aromatic N) is 3. The second kappa shape index (κ2) is 9.67. The van der Waals surface area contributed by atoms with Crippen molar-refractivity contribution >= 4 is 29.4 Å². The highest BCUT2D eigenvalue weighted by Crippen LogP contribution is 2.29. The molecule has 0 spiro atoms. The van der Waals surface area contributed by atoms with Crippen LogP contribution < -0.4 is 10.1 Å². The predicted molar refractivity (Wildman–Crippen MR) is 129 cm³/mol. The minimum absolute atomic E-state index is 0.00648. The molecule has 1 saturated carbocycles. The van der Waals surface area contributed by atoms with Crippen molar-refractivity contribution < 1.29 is 14.3 Å². The molecule has 1 fully saturated rings. The topological polar surface area (TPSA) is 76.5 Å². The Bertz CT molecular complexity index is 1140. The Hall–Kier alpha value is -3.32. The molecule has 0 radical (unpaired) electrons. The summed E-state index contributed by atoms with van der Waals surface area (Å²) in [6.45, 7) is 3.71. The molecule has 2 amide bonds. The summed E-state index contributed by atoms with van der Waals surface area (Å²) in [7, 11) is 1.61. The summed E-state index contributed by atoms with van der Waals surface area (Å²) in [4.78, 5) is 31.9. The van der Waals surface area contributed by atoms with Gasteiger partial charge in [-0.2, -0.15) is 0 Å². The van der Waals surface area contributed by atoms with Crippen molar-refractivity contribution in [3.8, 4) is 22.7 Å². The van der Waals surface area contributed by atoms with Gasteiger partial charge in [-0.05, 0) is 49.2 Å². The van der Waals surface area contributed by atoms with Crippen LogP contribution in [-0.2, 0) is 9.59 Å². The molecule has 1 N–H and O–H groups in total. The lowest BCUT2D eigenvalue weighted by atomic mass is 10.2. The van der Waals surface area contributed by atoms with E-state index in [0.29, 0.717) is 16.7 Å². The van der Waals surface area contributed by atoms with E-state index in [0.717, 1.165) is 29.8 Å². The molecule has 2 aromatic carbocycles. The number of halogens is 1. The van der Waals surface area contributed by atoms with Gasteiger partial charge >= 0.3 is 0 Å². The molecule has 0 atom stereocenters. The molecule has 0 bridgehead atoms. The lowest BCUT2D eigenvalue weighted by molar-refractivity contribution is -0.138. The van der Waals surface area contributed by atoms with Crippen LogP contribution >= 0.6 is 11.6 Å². The van der Waals surface area contributed by atoms with Crippen LogP contribution in [0.3, 0.4) is 0 Å². The summed E-state index contributed by atoms with van der Waals surface area (Å²) in [5, 5.41) is 3.54. The number of carbonyl (C=O) groups excluding carboxylic acids is 2. The summed E-state index contributed by atoms with van der Waals surface area (Å²) in [6, 6.07) is 15.0. The van der Waals surface area contributed by atoms with Crippen molar-refractivity contribution in [2.24, 2.45) is 5.92 Å². The first-order chi connectivity index (χ1) is 15.9. The Morgan fingerprint density at radius 1 is 1.15 bits per heavy atom. The van der Waals surface area contributed by atoms with E-state index in [1.54, 1.807) is 24.1 Å². The predicted octanol–water partition coefficient (Wildman–Crippen LogP) is 4.79. The second-order valence-corrected chi connectivity index (χ2v) is 8.86. The van der Waals surface area contributed by atoms with Crippen molar-refractivity contribution in [3.05, 3.63) is 59.8 Å². The fourth-order valence-electron chi connectivity index (χ4n) is 3.59. The molecule has 1 heterocycles. The fraction of sp³-hybridized carbons (Fsp3) is 0.320. The number of carbonyl (C=O) groups is 2. The monoisotopic (exact) mass is 466 g/mol. The van der Waals surface area contributed by atoms with Gasteiger partial charge in [0, 0.05) is 34.4 Å². The molecule has 0 aliphatic heterocycles. The standard InChI is InChI=1S/C25H27ClN4O3/c1-16(2)24(32)29(19-8-9-19)15-23(31)28-25-27-22(17-4-6-18(26)7-5-17)14-30(25)20-10-12-21(33-3)13-11-20/h4-7,10-14,16,19H,8-9,15H2,1-3H3,(H,27,28,31). The Labute approximate surface area is 198 Å². The van der Waals surface area contributed by atoms with Crippen LogP contribution in [0.2, 0.25) is 5.02 Å². The number of benzene rings is 2. The lowest BCUT2D eigenvalue weighted by Crippen LogP contribution is -2.41. The lowest BCUT2D eigenvalue weighted by Gasteiger charge is -2.23. The van der Waals surface area contributed by atoms with Gasteiger partial charge in [-0.1, -0.05) is 37.6 Å². The molecule has 7 nitrogen and oxygen atoms in total. The summed E-state index contributed by atoms with van der Waals surface area (Å²) < 4.78 is 7.07. The molecular weight excluding hydrogens is 440 g/mol. The number of imidazole rings is 1. The minimum Gasteiger partial charge on any atom is -0.497 e. The van der Waals surface area contributed by atoms with E-state index in [9.17, 15) is 9.59 Å². The van der Waals surface area contributed by atoms with E-state index in [1.807, 2.05) is 61.0 Å². The third-order valence-electron chi connectivity index (χ3n) is 5.53. The van der Waals surface area contributed by atoms with Crippen LogP contribution in [0.25, 0.3) is 16.9 Å². The molecule has 1 aliphatic carbocycles. The highest BCUT2D eigenvalue weighted by molar-refractivity contribution is 6.30. The molecule has 33 heavy (non-hydrogen) atoms. The molecular formula is C25H27ClN4O3. The fourth-order valence-corrected chi connectivity index (χ4v) is 3.72. The highest BCUT2D eigenvalue weighted by atomic mass is 35.5. The summed E-state index contributed by atoms with van der Waals surface area (Å²) in [5.41, 5.74) is 2.38. The average Bonchev–Trinajstić information content (AvgIpc) is 3.57. The first-order valence-electron chi connectivity index (χ1n) is 11.0. The molecule has 8 heteroatoms. The average molecular weight is 467 g/mol. The smallest absolute Gasteiger partial charge is 0.246 e. The number of aromatic nitrogens is 2. The number of amides is 2. The van der Waals surface area contributed by atoms with Crippen molar-refractivity contribution in [1.29, 1.82) is 0 Å². The molecule has 1 aliphatic rings. The molecule has 0 saturated heterocycles. The summed E-state index contributed by atoms with van der Waals surface area (Å²) in [5.74, 6) is 0.667. The van der Waals surface area contributed by atoms with Gasteiger partial charge in [-0.25, -0.2) is 4.98 Å². The molecule has 3 aromatic rings. The van der Waals surface area contributed by atoms with E-state index in [-0.39, 0.29) is 30.3 Å².